The molecule has 2 aromatic rings. The van der Waals surface area contributed by atoms with Crippen LogP contribution in [0.5, 0.6) is 0 Å². The standard InChI is InChI=1S/C17H20N2O3S/c1-11-4-6-12(7-5-11)16-14(9-15(20)21)23-17(19-16)18-10-13-3-2-8-22-13/h4-7,13H,2-3,8-10H2,1H3,(H,18,19)(H,20,21)/t13-/m1/s1. The molecule has 1 fully saturated rings. The number of carboxylic acid groups (broad SMARTS) is 1. The molecular formula is C17H20N2O3S. The van der Waals surface area contributed by atoms with Crippen molar-refractivity contribution < 1.29 is 14.6 Å². The van der Waals surface area contributed by atoms with Crippen LogP contribution in [0.25, 0.3) is 11.3 Å². The summed E-state index contributed by atoms with van der Waals surface area (Å²) in [7, 11) is 0. The lowest BCUT2D eigenvalue weighted by atomic mass is 10.1. The molecule has 0 aliphatic carbocycles. The maximum absolute atomic E-state index is 11.1. The molecule has 5 nitrogen and oxygen atoms in total. The third kappa shape index (κ3) is 4.09. The van der Waals surface area contributed by atoms with Crippen molar-refractivity contribution in [3.63, 3.8) is 0 Å². The number of aryl methyl sites for hydroxylation is 1. The van der Waals surface area contributed by atoms with Crippen molar-refractivity contribution in [3.8, 4) is 11.3 Å². The van der Waals surface area contributed by atoms with Crippen molar-refractivity contribution in [1.29, 1.82) is 0 Å². The van der Waals surface area contributed by atoms with E-state index in [1.54, 1.807) is 0 Å². The summed E-state index contributed by atoms with van der Waals surface area (Å²) in [6, 6.07) is 8.00. The number of aliphatic carboxylic acids is 1. The molecule has 0 bridgehead atoms. The number of hydrogen-bond acceptors (Lipinski definition) is 5. The fraction of sp³-hybridized carbons (Fsp3) is 0.412. The predicted octanol–water partition coefficient (Wildman–Crippen LogP) is 3.34. The average Bonchev–Trinajstić information content (AvgIpc) is 3.15. The molecule has 3 rings (SSSR count). The van der Waals surface area contributed by atoms with Crippen molar-refractivity contribution in [2.24, 2.45) is 0 Å². The van der Waals surface area contributed by atoms with Crippen LogP contribution in [0.4, 0.5) is 5.13 Å². The highest BCUT2D eigenvalue weighted by Gasteiger charge is 2.18. The topological polar surface area (TPSA) is 71.5 Å². The lowest BCUT2D eigenvalue weighted by molar-refractivity contribution is -0.136. The first-order valence-electron chi connectivity index (χ1n) is 7.76. The zero-order valence-corrected chi connectivity index (χ0v) is 13.9. The number of carbonyl (C=O) groups is 1. The van der Waals surface area contributed by atoms with Gasteiger partial charge in [-0.15, -0.1) is 11.3 Å². The fourth-order valence-electron chi connectivity index (χ4n) is 2.63. The van der Waals surface area contributed by atoms with E-state index in [2.05, 4.69) is 10.3 Å². The molecule has 0 radical (unpaired) electrons. The summed E-state index contributed by atoms with van der Waals surface area (Å²) in [4.78, 5) is 16.5. The molecule has 0 unspecified atom stereocenters. The van der Waals surface area contributed by atoms with Gasteiger partial charge in [0.2, 0.25) is 0 Å². The summed E-state index contributed by atoms with van der Waals surface area (Å²) in [6.45, 7) is 3.56. The highest BCUT2D eigenvalue weighted by molar-refractivity contribution is 7.16. The average molecular weight is 332 g/mol. The van der Waals surface area contributed by atoms with E-state index < -0.39 is 5.97 Å². The molecule has 0 saturated carbocycles. The van der Waals surface area contributed by atoms with Crippen LogP contribution in [0, 0.1) is 6.92 Å². The summed E-state index contributed by atoms with van der Waals surface area (Å²) < 4.78 is 5.59. The van der Waals surface area contributed by atoms with Crippen LogP contribution in [0.1, 0.15) is 23.3 Å². The molecule has 2 N–H and O–H groups in total. The molecule has 1 aliphatic rings. The van der Waals surface area contributed by atoms with Gasteiger partial charge >= 0.3 is 5.97 Å². The second-order valence-corrected chi connectivity index (χ2v) is 6.83. The Hall–Kier alpha value is -1.92. The van der Waals surface area contributed by atoms with E-state index in [0.29, 0.717) is 6.54 Å². The van der Waals surface area contributed by atoms with Gasteiger partial charge in [0.05, 0.1) is 18.2 Å². The molecular weight excluding hydrogens is 312 g/mol. The summed E-state index contributed by atoms with van der Waals surface area (Å²) in [5.74, 6) is -0.840. The zero-order chi connectivity index (χ0) is 16.2. The number of nitrogens with one attached hydrogen (secondary N) is 1. The third-order valence-corrected chi connectivity index (χ3v) is 4.85. The molecule has 1 aromatic carbocycles. The number of anilines is 1. The van der Waals surface area contributed by atoms with E-state index in [1.165, 1.54) is 16.9 Å². The van der Waals surface area contributed by atoms with Crippen molar-refractivity contribution >= 4 is 22.4 Å². The first-order chi connectivity index (χ1) is 11.1. The van der Waals surface area contributed by atoms with Crippen LogP contribution in [-0.4, -0.2) is 35.3 Å². The number of carboxylic acids is 1. The van der Waals surface area contributed by atoms with Gasteiger partial charge in [-0.3, -0.25) is 4.79 Å². The second-order valence-electron chi connectivity index (χ2n) is 5.74. The van der Waals surface area contributed by atoms with Crippen molar-refractivity contribution in [2.75, 3.05) is 18.5 Å². The summed E-state index contributed by atoms with van der Waals surface area (Å²) in [5, 5.41) is 13.2. The Morgan fingerprint density at radius 3 is 2.87 bits per heavy atom. The molecule has 0 amide bonds. The number of nitrogens with zero attached hydrogens (tertiary/aromatic N) is 1. The highest BCUT2D eigenvalue weighted by atomic mass is 32.1. The van der Waals surface area contributed by atoms with Crippen LogP contribution < -0.4 is 5.32 Å². The van der Waals surface area contributed by atoms with Crippen molar-refractivity contribution in [2.45, 2.75) is 32.3 Å². The quantitative estimate of drug-likeness (QED) is 0.849. The van der Waals surface area contributed by atoms with Gasteiger partial charge < -0.3 is 15.2 Å². The fourth-order valence-corrected chi connectivity index (χ4v) is 3.61. The molecule has 0 spiro atoms. The van der Waals surface area contributed by atoms with Gasteiger partial charge in [-0.25, -0.2) is 4.98 Å². The van der Waals surface area contributed by atoms with E-state index in [1.807, 2.05) is 31.2 Å². The van der Waals surface area contributed by atoms with Crippen LogP contribution in [-0.2, 0) is 16.0 Å². The Balaban J connectivity index is 1.80. The van der Waals surface area contributed by atoms with E-state index >= 15 is 0 Å². The smallest absolute Gasteiger partial charge is 0.308 e. The Kier molecular flexibility index (Phi) is 4.93. The highest BCUT2D eigenvalue weighted by Crippen LogP contribution is 2.32. The van der Waals surface area contributed by atoms with Gasteiger partial charge in [-0.2, -0.15) is 0 Å². The van der Waals surface area contributed by atoms with Gasteiger partial charge in [-0.1, -0.05) is 29.8 Å². The number of aromatic nitrogens is 1. The van der Waals surface area contributed by atoms with Crippen LogP contribution in [0.15, 0.2) is 24.3 Å². The van der Waals surface area contributed by atoms with Crippen LogP contribution in [0.2, 0.25) is 0 Å². The van der Waals surface area contributed by atoms with Crippen molar-refractivity contribution in [3.05, 3.63) is 34.7 Å². The van der Waals surface area contributed by atoms with Crippen LogP contribution >= 0.6 is 11.3 Å². The molecule has 1 saturated heterocycles. The lowest BCUT2D eigenvalue weighted by Gasteiger charge is -2.09. The van der Waals surface area contributed by atoms with E-state index in [-0.39, 0.29) is 12.5 Å². The molecule has 6 heteroatoms. The minimum atomic E-state index is -0.840. The largest absolute Gasteiger partial charge is 0.481 e. The number of rotatable bonds is 6. The van der Waals surface area contributed by atoms with E-state index in [0.717, 1.165) is 40.7 Å². The normalized spacial score (nSPS) is 17.3. The van der Waals surface area contributed by atoms with Gasteiger partial charge in [0.25, 0.3) is 0 Å². The first-order valence-corrected chi connectivity index (χ1v) is 8.57. The monoisotopic (exact) mass is 332 g/mol. The molecule has 1 aromatic heterocycles. The predicted molar refractivity (Wildman–Crippen MR) is 91.1 cm³/mol. The third-order valence-electron chi connectivity index (χ3n) is 3.84. The van der Waals surface area contributed by atoms with Gasteiger partial charge in [0.15, 0.2) is 5.13 Å². The minimum Gasteiger partial charge on any atom is -0.481 e. The Morgan fingerprint density at radius 1 is 1.43 bits per heavy atom. The Labute approximate surface area is 139 Å². The van der Waals surface area contributed by atoms with Crippen LogP contribution in [0.3, 0.4) is 0 Å². The first kappa shape index (κ1) is 16.0. The number of ether oxygens (including phenoxy) is 1. The zero-order valence-electron chi connectivity index (χ0n) is 13.0. The van der Waals surface area contributed by atoms with Crippen molar-refractivity contribution in [1.82, 2.24) is 4.98 Å². The Bertz CT molecular complexity index is 676. The lowest BCUT2D eigenvalue weighted by Crippen LogP contribution is -2.18. The second kappa shape index (κ2) is 7.10. The number of thiazole rings is 1. The van der Waals surface area contributed by atoms with Gasteiger partial charge in [0, 0.05) is 23.6 Å². The summed E-state index contributed by atoms with van der Waals surface area (Å²) >= 11 is 1.41. The minimum absolute atomic E-state index is 0.0114. The number of benzene rings is 1. The molecule has 23 heavy (non-hydrogen) atoms. The van der Waals surface area contributed by atoms with Gasteiger partial charge in [-0.05, 0) is 19.8 Å². The molecule has 1 atom stereocenters. The van der Waals surface area contributed by atoms with E-state index in [9.17, 15) is 4.79 Å². The molecule has 122 valence electrons. The molecule has 1 aliphatic heterocycles. The maximum Gasteiger partial charge on any atom is 0.308 e. The van der Waals surface area contributed by atoms with Gasteiger partial charge in [0.1, 0.15) is 0 Å². The Morgan fingerprint density at radius 2 is 2.22 bits per heavy atom. The summed E-state index contributed by atoms with van der Waals surface area (Å²) in [6.07, 6.45) is 2.38. The summed E-state index contributed by atoms with van der Waals surface area (Å²) in [5.41, 5.74) is 2.88. The maximum atomic E-state index is 11.1. The SMILES string of the molecule is Cc1ccc(-c2nc(NC[C@H]3CCCO3)sc2CC(=O)O)cc1. The van der Waals surface area contributed by atoms with E-state index in [4.69, 9.17) is 9.84 Å². The molecule has 2 heterocycles. The number of hydrogen-bond donors (Lipinski definition) is 2.